The number of thioether (sulfide) groups is 1. The summed E-state index contributed by atoms with van der Waals surface area (Å²) in [5.74, 6) is -0.719. The molecule has 0 radical (unpaired) electrons. The van der Waals surface area contributed by atoms with E-state index in [9.17, 15) is 14.0 Å². The van der Waals surface area contributed by atoms with Crippen molar-refractivity contribution in [1.82, 2.24) is 4.90 Å². The molecule has 0 saturated carbocycles. The maximum Gasteiger partial charge on any atom is 0.293 e. The van der Waals surface area contributed by atoms with E-state index in [-0.39, 0.29) is 27.6 Å². The van der Waals surface area contributed by atoms with Crippen LogP contribution >= 0.6 is 35.0 Å². The summed E-state index contributed by atoms with van der Waals surface area (Å²) in [6, 6.07) is 8.23. The molecule has 0 aliphatic carbocycles. The van der Waals surface area contributed by atoms with Gasteiger partial charge >= 0.3 is 0 Å². The van der Waals surface area contributed by atoms with Crippen molar-refractivity contribution in [3.63, 3.8) is 0 Å². The molecule has 1 fully saturated rings. The molecule has 2 aliphatic rings. The van der Waals surface area contributed by atoms with Gasteiger partial charge in [0.25, 0.3) is 11.1 Å². The second-order valence-corrected chi connectivity index (χ2v) is 10.9. The number of nitrogens with zero attached hydrogens (tertiary/aromatic N) is 2. The Morgan fingerprint density at radius 3 is 2.61 bits per heavy atom. The summed E-state index contributed by atoms with van der Waals surface area (Å²) in [6.45, 7) is 9.42. The van der Waals surface area contributed by atoms with Crippen LogP contribution in [-0.4, -0.2) is 28.1 Å². The first-order valence-electron chi connectivity index (χ1n) is 10.8. The van der Waals surface area contributed by atoms with Crippen molar-refractivity contribution in [3.05, 3.63) is 67.8 Å². The van der Waals surface area contributed by atoms with Gasteiger partial charge in [-0.25, -0.2) is 4.39 Å². The van der Waals surface area contributed by atoms with Crippen LogP contribution in [-0.2, 0) is 11.3 Å². The van der Waals surface area contributed by atoms with Crippen molar-refractivity contribution in [2.24, 2.45) is 0 Å². The predicted octanol–water partition coefficient (Wildman–Crippen LogP) is 7.48. The summed E-state index contributed by atoms with van der Waals surface area (Å²) in [7, 11) is 0. The average Bonchev–Trinajstić information content (AvgIpc) is 2.98. The van der Waals surface area contributed by atoms with Crippen molar-refractivity contribution in [3.8, 4) is 0 Å². The van der Waals surface area contributed by atoms with Gasteiger partial charge in [-0.1, -0.05) is 36.2 Å². The Balaban J connectivity index is 1.67. The molecule has 0 aromatic heterocycles. The molecule has 1 atom stereocenters. The number of anilines is 1. The Kier molecular flexibility index (Phi) is 6.56. The predicted molar refractivity (Wildman–Crippen MR) is 135 cm³/mol. The van der Waals surface area contributed by atoms with Crippen LogP contribution in [0.5, 0.6) is 0 Å². The van der Waals surface area contributed by atoms with Crippen LogP contribution in [0.1, 0.15) is 56.7 Å². The van der Waals surface area contributed by atoms with Crippen molar-refractivity contribution in [2.75, 3.05) is 11.4 Å². The maximum atomic E-state index is 14.2. The van der Waals surface area contributed by atoms with Gasteiger partial charge in [0.1, 0.15) is 5.82 Å². The third kappa shape index (κ3) is 4.41. The van der Waals surface area contributed by atoms with E-state index in [0.29, 0.717) is 16.5 Å². The fourth-order valence-corrected chi connectivity index (χ4v) is 6.11. The summed E-state index contributed by atoms with van der Waals surface area (Å²) < 4.78 is 14.2. The van der Waals surface area contributed by atoms with Gasteiger partial charge in [0.05, 0.1) is 11.4 Å². The molecule has 33 heavy (non-hydrogen) atoms. The van der Waals surface area contributed by atoms with Crippen molar-refractivity contribution < 1.29 is 14.0 Å². The molecular weight excluding hydrogens is 482 g/mol. The quantitative estimate of drug-likeness (QED) is 0.403. The van der Waals surface area contributed by atoms with Crippen molar-refractivity contribution in [2.45, 2.75) is 52.1 Å². The standard InChI is InChI=1S/C25H25Cl2FN2O2S/c1-5-30-21-11-19(27)15(9-16(21)14(2)12-25(30,3)4)10-22-23(31)29(24(32)33-22)13-17-18(26)7-6-8-20(17)28/h6-11,14H,5,12-13H2,1-4H3/b22-10+. The molecule has 2 aromatic carbocycles. The number of amides is 2. The lowest BCUT2D eigenvalue weighted by molar-refractivity contribution is -0.123. The van der Waals surface area contributed by atoms with Crippen LogP contribution in [0.25, 0.3) is 6.08 Å². The zero-order valence-corrected chi connectivity index (χ0v) is 21.2. The van der Waals surface area contributed by atoms with Gasteiger partial charge in [-0.2, -0.15) is 0 Å². The minimum atomic E-state index is -0.555. The van der Waals surface area contributed by atoms with E-state index in [0.717, 1.165) is 35.3 Å². The molecule has 2 aromatic rings. The van der Waals surface area contributed by atoms with E-state index in [2.05, 4.69) is 32.6 Å². The van der Waals surface area contributed by atoms with Crippen LogP contribution in [0.15, 0.2) is 35.2 Å². The van der Waals surface area contributed by atoms with Gasteiger partial charge < -0.3 is 4.90 Å². The number of hydrogen-bond donors (Lipinski definition) is 0. The Morgan fingerprint density at radius 2 is 1.94 bits per heavy atom. The summed E-state index contributed by atoms with van der Waals surface area (Å²) in [4.78, 5) is 29.2. The second-order valence-electron chi connectivity index (χ2n) is 9.06. The van der Waals surface area contributed by atoms with E-state index in [4.69, 9.17) is 23.2 Å². The van der Waals surface area contributed by atoms with E-state index < -0.39 is 17.0 Å². The van der Waals surface area contributed by atoms with E-state index in [1.807, 2.05) is 12.1 Å². The van der Waals surface area contributed by atoms with E-state index >= 15 is 0 Å². The third-order valence-electron chi connectivity index (χ3n) is 6.36. The zero-order chi connectivity index (χ0) is 24.1. The smallest absolute Gasteiger partial charge is 0.293 e. The molecule has 2 aliphatic heterocycles. The highest BCUT2D eigenvalue weighted by atomic mass is 35.5. The first kappa shape index (κ1) is 24.1. The Bertz CT molecular complexity index is 1160. The SMILES string of the molecule is CCN1c2cc(Cl)c(/C=C3/SC(=O)N(Cc4c(F)cccc4Cl)C3=O)cc2C(C)CC1(C)C. The monoisotopic (exact) mass is 506 g/mol. The summed E-state index contributed by atoms with van der Waals surface area (Å²) in [5, 5.41) is 0.223. The van der Waals surface area contributed by atoms with Gasteiger partial charge in [-0.15, -0.1) is 0 Å². The highest BCUT2D eigenvalue weighted by molar-refractivity contribution is 8.18. The number of hydrogen-bond acceptors (Lipinski definition) is 4. The van der Waals surface area contributed by atoms with Crippen molar-refractivity contribution in [1.29, 1.82) is 0 Å². The first-order valence-corrected chi connectivity index (χ1v) is 12.4. The molecule has 2 heterocycles. The van der Waals surface area contributed by atoms with Gasteiger partial charge in [-0.05, 0) is 86.3 Å². The maximum absolute atomic E-state index is 14.2. The molecule has 8 heteroatoms. The van der Waals surface area contributed by atoms with E-state index in [1.165, 1.54) is 23.8 Å². The molecule has 0 bridgehead atoms. The number of halogens is 3. The Morgan fingerprint density at radius 1 is 1.21 bits per heavy atom. The molecule has 1 unspecified atom stereocenters. The number of benzene rings is 2. The molecule has 1 saturated heterocycles. The van der Waals surface area contributed by atoms with Gasteiger partial charge in [0.15, 0.2) is 0 Å². The number of imide groups is 1. The molecular formula is C25H25Cl2FN2O2S. The minimum Gasteiger partial charge on any atom is -0.366 e. The van der Waals surface area contributed by atoms with Crippen LogP contribution in [0.2, 0.25) is 10.0 Å². The van der Waals surface area contributed by atoms with Crippen LogP contribution in [0.4, 0.5) is 14.9 Å². The van der Waals surface area contributed by atoms with E-state index in [1.54, 1.807) is 6.08 Å². The fourth-order valence-electron chi connectivity index (χ4n) is 4.85. The Hall–Kier alpha value is -2.02. The number of carbonyl (C=O) groups is 2. The third-order valence-corrected chi connectivity index (χ3v) is 7.95. The fraction of sp³-hybridized carbons (Fsp3) is 0.360. The number of carbonyl (C=O) groups excluding carboxylic acids is 2. The second kappa shape index (κ2) is 8.97. The molecule has 0 spiro atoms. The van der Waals surface area contributed by atoms with Crippen LogP contribution < -0.4 is 4.90 Å². The number of rotatable bonds is 4. The summed E-state index contributed by atoms with van der Waals surface area (Å²) >= 11 is 13.5. The average molecular weight is 507 g/mol. The molecule has 2 amide bonds. The number of fused-ring (bicyclic) bond motifs is 1. The normalized spacial score (nSPS) is 21.2. The molecule has 4 nitrogen and oxygen atoms in total. The molecule has 174 valence electrons. The molecule has 4 rings (SSSR count). The van der Waals surface area contributed by atoms with Gasteiger partial charge in [0, 0.05) is 33.4 Å². The summed E-state index contributed by atoms with van der Waals surface area (Å²) in [6.07, 6.45) is 2.65. The Labute approximate surface area is 207 Å². The lowest BCUT2D eigenvalue weighted by Crippen LogP contribution is -2.48. The first-order chi connectivity index (χ1) is 15.5. The van der Waals surface area contributed by atoms with Gasteiger partial charge in [0.2, 0.25) is 0 Å². The highest BCUT2D eigenvalue weighted by Gasteiger charge is 2.38. The topological polar surface area (TPSA) is 40.6 Å². The zero-order valence-electron chi connectivity index (χ0n) is 18.9. The van der Waals surface area contributed by atoms with Crippen molar-refractivity contribution >= 4 is 57.9 Å². The largest absolute Gasteiger partial charge is 0.366 e. The van der Waals surface area contributed by atoms with Crippen LogP contribution in [0, 0.1) is 5.82 Å². The van der Waals surface area contributed by atoms with Gasteiger partial charge in [-0.3, -0.25) is 14.5 Å². The molecule has 0 N–H and O–H groups in total. The minimum absolute atomic E-state index is 0.0165. The summed E-state index contributed by atoms with van der Waals surface area (Å²) in [5.41, 5.74) is 3.09. The highest BCUT2D eigenvalue weighted by Crippen LogP contribution is 2.46. The lowest BCUT2D eigenvalue weighted by atomic mass is 9.79. The lowest BCUT2D eigenvalue weighted by Gasteiger charge is -2.47. The van der Waals surface area contributed by atoms with Crippen LogP contribution in [0.3, 0.4) is 0 Å².